The van der Waals surface area contributed by atoms with Gasteiger partial charge in [0, 0.05) is 6.07 Å². The predicted octanol–water partition coefficient (Wildman–Crippen LogP) is 3.17. The predicted molar refractivity (Wildman–Crippen MR) is 102 cm³/mol. The fourth-order valence-electron chi connectivity index (χ4n) is 2.47. The first kappa shape index (κ1) is 20.4. The lowest BCUT2D eigenvalue weighted by atomic mass is 10.2. The van der Waals surface area contributed by atoms with E-state index in [1.54, 1.807) is 18.2 Å². The molecule has 0 aliphatic carbocycles. The van der Waals surface area contributed by atoms with E-state index in [1.165, 1.54) is 13.2 Å². The summed E-state index contributed by atoms with van der Waals surface area (Å²) in [6.45, 7) is 0. The Balaban J connectivity index is 1.87. The molecule has 3 rings (SSSR count). The van der Waals surface area contributed by atoms with Gasteiger partial charge >= 0.3 is 5.69 Å². The summed E-state index contributed by atoms with van der Waals surface area (Å²) in [6.07, 6.45) is 0.949. The van der Waals surface area contributed by atoms with Crippen LogP contribution in [0.1, 0.15) is 10.4 Å². The van der Waals surface area contributed by atoms with Gasteiger partial charge < -0.3 is 10.1 Å². The summed E-state index contributed by atoms with van der Waals surface area (Å²) in [5.41, 5.74) is 3.73. The Bertz CT molecular complexity index is 1110. The molecule has 0 fully saturated rings. The van der Waals surface area contributed by atoms with Crippen molar-refractivity contribution in [2.24, 2.45) is 0 Å². The maximum Gasteiger partial charge on any atom is 0.355 e. The number of benzene rings is 2. The number of hydrogen-bond donors (Lipinski definition) is 3. The van der Waals surface area contributed by atoms with Gasteiger partial charge in [0.2, 0.25) is 11.6 Å². The van der Waals surface area contributed by atoms with Crippen LogP contribution in [0.15, 0.2) is 48.8 Å². The minimum Gasteiger partial charge on any atom is -0.496 e. The maximum absolute atomic E-state index is 13.9. The molecule has 1 heterocycles. The first-order valence-electron chi connectivity index (χ1n) is 8.31. The van der Waals surface area contributed by atoms with E-state index in [9.17, 15) is 23.7 Å². The van der Waals surface area contributed by atoms with E-state index in [1.807, 2.05) is 0 Å². The van der Waals surface area contributed by atoms with Crippen LogP contribution < -0.4 is 20.9 Å². The second-order valence-corrected chi connectivity index (χ2v) is 5.71. The molecule has 3 aromatic rings. The Morgan fingerprint density at radius 1 is 1.13 bits per heavy atom. The molecule has 1 amide bonds. The van der Waals surface area contributed by atoms with Crippen LogP contribution >= 0.6 is 0 Å². The second-order valence-electron chi connectivity index (χ2n) is 5.71. The van der Waals surface area contributed by atoms with Crippen LogP contribution in [0.3, 0.4) is 0 Å². The Hall–Kier alpha value is -4.35. The zero-order chi connectivity index (χ0) is 21.7. The number of nitro groups is 1. The number of hydrazine groups is 1. The van der Waals surface area contributed by atoms with Crippen LogP contribution in [0.25, 0.3) is 0 Å². The third kappa shape index (κ3) is 4.38. The number of hydrogen-bond acceptors (Lipinski definition) is 8. The van der Waals surface area contributed by atoms with E-state index < -0.39 is 34.0 Å². The van der Waals surface area contributed by atoms with Gasteiger partial charge in [0.25, 0.3) is 5.91 Å². The molecule has 0 aliphatic rings. The van der Waals surface area contributed by atoms with Crippen molar-refractivity contribution in [3.05, 3.63) is 76.1 Å². The molecule has 0 bridgehead atoms. The minimum atomic E-state index is -0.844. The first-order valence-corrected chi connectivity index (χ1v) is 8.31. The van der Waals surface area contributed by atoms with Gasteiger partial charge in [-0.05, 0) is 24.3 Å². The Labute approximate surface area is 168 Å². The van der Waals surface area contributed by atoms with Gasteiger partial charge in [-0.15, -0.1) is 0 Å². The van der Waals surface area contributed by atoms with Gasteiger partial charge in [0.15, 0.2) is 0 Å². The van der Waals surface area contributed by atoms with E-state index in [0.717, 1.165) is 24.5 Å². The van der Waals surface area contributed by atoms with Crippen molar-refractivity contribution in [1.29, 1.82) is 0 Å². The van der Waals surface area contributed by atoms with E-state index in [-0.39, 0.29) is 22.8 Å². The quantitative estimate of drug-likeness (QED) is 0.395. The molecule has 0 spiro atoms. The van der Waals surface area contributed by atoms with E-state index >= 15 is 0 Å². The smallest absolute Gasteiger partial charge is 0.355 e. The normalized spacial score (nSPS) is 10.2. The van der Waals surface area contributed by atoms with Gasteiger partial charge in [-0.3, -0.25) is 25.8 Å². The van der Waals surface area contributed by atoms with Gasteiger partial charge in [0.1, 0.15) is 23.7 Å². The summed E-state index contributed by atoms with van der Waals surface area (Å²) in [5.74, 6) is -2.74. The number of carbonyl (C=O) groups excluding carboxylic acids is 1. The van der Waals surface area contributed by atoms with Crippen molar-refractivity contribution in [3.63, 3.8) is 0 Å². The van der Waals surface area contributed by atoms with Crippen LogP contribution in [0, 0.1) is 21.7 Å². The highest BCUT2D eigenvalue weighted by atomic mass is 19.1. The lowest BCUT2D eigenvalue weighted by molar-refractivity contribution is -0.383. The topological polar surface area (TPSA) is 131 Å². The molecule has 1 aromatic heterocycles. The van der Waals surface area contributed by atoms with Crippen molar-refractivity contribution in [2.75, 3.05) is 17.9 Å². The molecule has 0 radical (unpaired) electrons. The maximum atomic E-state index is 13.9. The number of para-hydroxylation sites is 1. The number of ether oxygens (including phenoxy) is 1. The van der Waals surface area contributed by atoms with Crippen LogP contribution in [-0.4, -0.2) is 27.9 Å². The Morgan fingerprint density at radius 2 is 1.87 bits per heavy atom. The molecule has 2 aromatic carbocycles. The minimum absolute atomic E-state index is 0.171. The first-order chi connectivity index (χ1) is 14.4. The molecule has 0 saturated carbocycles. The molecule has 0 aliphatic heterocycles. The molecule has 10 nitrogen and oxygen atoms in total. The number of methoxy groups -OCH3 is 1. The number of halogens is 2. The van der Waals surface area contributed by atoms with Crippen molar-refractivity contribution < 1.29 is 23.2 Å². The highest BCUT2D eigenvalue weighted by molar-refractivity contribution is 5.97. The second kappa shape index (κ2) is 8.77. The molecule has 3 N–H and O–H groups in total. The van der Waals surface area contributed by atoms with Crippen LogP contribution in [0.4, 0.5) is 31.8 Å². The Morgan fingerprint density at radius 3 is 2.60 bits per heavy atom. The van der Waals surface area contributed by atoms with Gasteiger partial charge in [-0.25, -0.2) is 18.7 Å². The van der Waals surface area contributed by atoms with E-state index in [4.69, 9.17) is 4.74 Å². The number of aromatic nitrogens is 2. The van der Waals surface area contributed by atoms with Crippen LogP contribution in [0.2, 0.25) is 0 Å². The summed E-state index contributed by atoms with van der Waals surface area (Å²) in [6, 6.07) is 8.91. The monoisotopic (exact) mass is 416 g/mol. The third-order valence-corrected chi connectivity index (χ3v) is 3.83. The van der Waals surface area contributed by atoms with Crippen LogP contribution in [0.5, 0.6) is 5.75 Å². The molecule has 30 heavy (non-hydrogen) atoms. The number of nitrogens with one attached hydrogen (secondary N) is 3. The summed E-state index contributed by atoms with van der Waals surface area (Å²) in [4.78, 5) is 30.5. The summed E-state index contributed by atoms with van der Waals surface area (Å²) in [5, 5.41) is 13.9. The largest absolute Gasteiger partial charge is 0.496 e. The van der Waals surface area contributed by atoms with Crippen LogP contribution in [-0.2, 0) is 0 Å². The zero-order valence-corrected chi connectivity index (χ0v) is 15.3. The van der Waals surface area contributed by atoms with Gasteiger partial charge in [0.05, 0.1) is 23.3 Å². The lowest BCUT2D eigenvalue weighted by Crippen LogP contribution is -2.30. The number of rotatable bonds is 7. The molecule has 154 valence electrons. The molecule has 0 unspecified atom stereocenters. The number of nitrogens with zero attached hydrogens (tertiary/aromatic N) is 3. The summed E-state index contributed by atoms with van der Waals surface area (Å²) in [7, 11) is 1.39. The average Bonchev–Trinajstić information content (AvgIpc) is 2.74. The molecule has 0 saturated heterocycles. The zero-order valence-electron chi connectivity index (χ0n) is 15.3. The fourth-order valence-corrected chi connectivity index (χ4v) is 2.47. The van der Waals surface area contributed by atoms with Gasteiger partial charge in [-0.1, -0.05) is 12.1 Å². The lowest BCUT2D eigenvalue weighted by Gasteiger charge is -2.12. The molecular formula is C18H14F2N6O4. The summed E-state index contributed by atoms with van der Waals surface area (Å²) >= 11 is 0. The van der Waals surface area contributed by atoms with Crippen molar-refractivity contribution in [2.45, 2.75) is 0 Å². The fraction of sp³-hybridized carbons (Fsp3) is 0.0556. The SMILES string of the molecule is COc1ccccc1C(=O)NNc1ncnc(Nc2cc(F)ccc2F)c1[N+](=O)[O-]. The highest BCUT2D eigenvalue weighted by Crippen LogP contribution is 2.31. The van der Waals surface area contributed by atoms with Crippen molar-refractivity contribution >= 4 is 28.9 Å². The molecule has 0 atom stereocenters. The van der Waals surface area contributed by atoms with Gasteiger partial charge in [-0.2, -0.15) is 0 Å². The van der Waals surface area contributed by atoms with Crippen molar-refractivity contribution in [3.8, 4) is 5.75 Å². The molecular weight excluding hydrogens is 402 g/mol. The highest BCUT2D eigenvalue weighted by Gasteiger charge is 2.25. The Kier molecular flexibility index (Phi) is 5.96. The third-order valence-electron chi connectivity index (χ3n) is 3.83. The average molecular weight is 416 g/mol. The van der Waals surface area contributed by atoms with E-state index in [0.29, 0.717) is 0 Å². The number of carbonyl (C=O) groups is 1. The number of amides is 1. The number of anilines is 3. The van der Waals surface area contributed by atoms with E-state index in [2.05, 4.69) is 26.1 Å². The standard InChI is InChI=1S/C18H14F2N6O4/c1-30-14-5-3-2-4-11(14)18(27)25-24-17-15(26(28)29)16(21-9-22-17)23-13-8-10(19)6-7-12(13)20/h2-9H,1H3,(H,25,27)(H2,21,22,23,24). The summed E-state index contributed by atoms with van der Waals surface area (Å²) < 4.78 is 32.3. The van der Waals surface area contributed by atoms with Crippen molar-refractivity contribution in [1.82, 2.24) is 15.4 Å². The molecule has 12 heteroatoms.